The second-order valence-electron chi connectivity index (χ2n) is 8.19. The lowest BCUT2D eigenvalue weighted by atomic mass is 10.1. The number of anilines is 1. The second-order valence-corrected chi connectivity index (χ2v) is 8.19. The normalized spacial score (nSPS) is 11.8. The van der Waals surface area contributed by atoms with Gasteiger partial charge in [-0.15, -0.1) is 0 Å². The maximum atomic E-state index is 12.7. The molecule has 3 aromatic rings. The zero-order valence-corrected chi connectivity index (χ0v) is 19.9. The van der Waals surface area contributed by atoms with Crippen molar-refractivity contribution < 1.29 is 4.79 Å². The predicted molar refractivity (Wildman–Crippen MR) is 132 cm³/mol. The highest BCUT2D eigenvalue weighted by atomic mass is 16.2. The number of nitrogens with zero attached hydrogens (tertiary/aromatic N) is 5. The van der Waals surface area contributed by atoms with Crippen LogP contribution < -0.4 is 10.5 Å². The Bertz CT molecular complexity index is 1100. The molecule has 0 N–H and O–H groups in total. The van der Waals surface area contributed by atoms with Gasteiger partial charge in [0.05, 0.1) is 12.1 Å². The fraction of sp³-hybridized carbons (Fsp3) is 0.385. The first-order valence-corrected chi connectivity index (χ1v) is 11.5. The molecule has 1 atom stereocenters. The minimum absolute atomic E-state index is 0.101. The Hall–Kier alpha value is -3.48. The molecule has 3 rings (SSSR count). The number of benzene rings is 1. The molecule has 0 aliphatic heterocycles. The zero-order chi connectivity index (χ0) is 23.8. The third kappa shape index (κ3) is 6.06. The smallest absolute Gasteiger partial charge is 0.255 e. The monoisotopic (exact) mass is 447 g/mol. The van der Waals surface area contributed by atoms with Gasteiger partial charge in [-0.2, -0.15) is 0 Å². The first-order chi connectivity index (χ1) is 15.9. The summed E-state index contributed by atoms with van der Waals surface area (Å²) in [6.45, 7) is 5.54. The molecule has 33 heavy (non-hydrogen) atoms. The molecule has 0 spiro atoms. The van der Waals surface area contributed by atoms with E-state index in [1.165, 1.54) is 0 Å². The van der Waals surface area contributed by atoms with Gasteiger partial charge in [-0.1, -0.05) is 37.3 Å². The summed E-state index contributed by atoms with van der Waals surface area (Å²) in [4.78, 5) is 38.3. The molecular formula is C26H33N5O2. The SMILES string of the molecule is CCC(CCN(C)C(=O)Cc1ccccc1)N(CC)c1nc(-c2ccncc2)cc(=O)n1C. The standard InChI is InChI=1S/C26H33N5O2/c1-5-22(14-17-29(3)24(32)18-20-10-8-7-9-11-20)31(6-2)26-28-23(19-25(33)30(26)4)21-12-15-27-16-13-21/h7-13,15-16,19,22H,5-6,14,17-18H2,1-4H3. The van der Waals surface area contributed by atoms with Crippen molar-refractivity contribution in [2.24, 2.45) is 7.05 Å². The number of hydrogen-bond acceptors (Lipinski definition) is 5. The van der Waals surface area contributed by atoms with Crippen LogP contribution in [0.3, 0.4) is 0 Å². The Morgan fingerprint density at radius 3 is 2.42 bits per heavy atom. The average molecular weight is 448 g/mol. The van der Waals surface area contributed by atoms with Crippen LogP contribution in [0.25, 0.3) is 11.3 Å². The van der Waals surface area contributed by atoms with Gasteiger partial charge >= 0.3 is 0 Å². The molecule has 7 nitrogen and oxygen atoms in total. The molecule has 0 saturated heterocycles. The topological polar surface area (TPSA) is 71.3 Å². The molecule has 0 aliphatic rings. The third-order valence-corrected chi connectivity index (χ3v) is 6.02. The van der Waals surface area contributed by atoms with Crippen LogP contribution >= 0.6 is 0 Å². The lowest BCUT2D eigenvalue weighted by Crippen LogP contribution is -2.42. The molecule has 1 aromatic carbocycles. The molecule has 1 unspecified atom stereocenters. The van der Waals surface area contributed by atoms with Gasteiger partial charge in [0.2, 0.25) is 11.9 Å². The molecule has 174 valence electrons. The highest BCUT2D eigenvalue weighted by Gasteiger charge is 2.22. The highest BCUT2D eigenvalue weighted by Crippen LogP contribution is 2.21. The number of amides is 1. The van der Waals surface area contributed by atoms with E-state index in [2.05, 4.69) is 23.7 Å². The fourth-order valence-corrected chi connectivity index (χ4v) is 3.97. The molecule has 0 radical (unpaired) electrons. The number of likely N-dealkylation sites (N-methyl/N-ethyl adjacent to an activating group) is 1. The number of carbonyl (C=O) groups is 1. The van der Waals surface area contributed by atoms with Crippen molar-refractivity contribution in [3.63, 3.8) is 0 Å². The maximum absolute atomic E-state index is 12.7. The zero-order valence-electron chi connectivity index (χ0n) is 19.9. The summed E-state index contributed by atoms with van der Waals surface area (Å²) in [5.41, 5.74) is 2.41. The number of carbonyl (C=O) groups excluding carboxylic acids is 1. The van der Waals surface area contributed by atoms with Crippen LogP contribution in [0.5, 0.6) is 0 Å². The molecule has 7 heteroatoms. The van der Waals surface area contributed by atoms with Crippen molar-refractivity contribution in [3.05, 3.63) is 76.8 Å². The van der Waals surface area contributed by atoms with Gasteiger partial charge in [0.25, 0.3) is 5.56 Å². The minimum atomic E-state index is -0.102. The summed E-state index contributed by atoms with van der Waals surface area (Å²) >= 11 is 0. The predicted octanol–water partition coefficient (Wildman–Crippen LogP) is 3.54. The quantitative estimate of drug-likeness (QED) is 0.475. The highest BCUT2D eigenvalue weighted by molar-refractivity contribution is 5.78. The van der Waals surface area contributed by atoms with Crippen LogP contribution in [0.1, 0.15) is 32.3 Å². The van der Waals surface area contributed by atoms with Crippen molar-refractivity contribution in [3.8, 4) is 11.3 Å². The molecule has 2 heterocycles. The van der Waals surface area contributed by atoms with Gasteiger partial charge in [-0.25, -0.2) is 4.98 Å². The molecular weight excluding hydrogens is 414 g/mol. The molecule has 0 aliphatic carbocycles. The molecule has 2 aromatic heterocycles. The Morgan fingerprint density at radius 1 is 1.09 bits per heavy atom. The summed E-state index contributed by atoms with van der Waals surface area (Å²) in [5, 5.41) is 0. The van der Waals surface area contributed by atoms with E-state index in [1.54, 1.807) is 35.0 Å². The van der Waals surface area contributed by atoms with Crippen LogP contribution in [0.4, 0.5) is 5.95 Å². The Labute approximate surface area is 195 Å². The van der Waals surface area contributed by atoms with Gasteiger partial charge in [0, 0.05) is 57.3 Å². The van der Waals surface area contributed by atoms with Crippen LogP contribution in [-0.2, 0) is 18.3 Å². The molecule has 1 amide bonds. The van der Waals surface area contributed by atoms with Gasteiger partial charge in [0.15, 0.2) is 0 Å². The second kappa shape index (κ2) is 11.4. The van der Waals surface area contributed by atoms with Crippen LogP contribution in [0.15, 0.2) is 65.7 Å². The number of pyridine rings is 1. The fourth-order valence-electron chi connectivity index (χ4n) is 3.97. The summed E-state index contributed by atoms with van der Waals surface area (Å²) in [5.74, 6) is 0.742. The van der Waals surface area contributed by atoms with Crippen molar-refractivity contribution in [1.29, 1.82) is 0 Å². The number of rotatable bonds is 10. The maximum Gasteiger partial charge on any atom is 0.255 e. The van der Waals surface area contributed by atoms with Gasteiger partial charge in [-0.3, -0.25) is 19.1 Å². The first kappa shape index (κ1) is 24.2. The van der Waals surface area contributed by atoms with E-state index in [9.17, 15) is 9.59 Å². The van der Waals surface area contributed by atoms with Crippen molar-refractivity contribution in [2.45, 2.75) is 39.2 Å². The van der Waals surface area contributed by atoms with Gasteiger partial charge < -0.3 is 9.80 Å². The molecule has 0 saturated carbocycles. The third-order valence-electron chi connectivity index (χ3n) is 6.02. The van der Waals surface area contributed by atoms with Crippen LogP contribution in [-0.4, -0.2) is 51.5 Å². The molecule has 0 fully saturated rings. The summed E-state index contributed by atoms with van der Waals surface area (Å²) < 4.78 is 1.60. The summed E-state index contributed by atoms with van der Waals surface area (Å²) in [6.07, 6.45) is 5.46. The van der Waals surface area contributed by atoms with E-state index in [0.29, 0.717) is 31.2 Å². The van der Waals surface area contributed by atoms with Gasteiger partial charge in [0.1, 0.15) is 0 Å². The van der Waals surface area contributed by atoms with E-state index in [-0.39, 0.29) is 17.5 Å². The first-order valence-electron chi connectivity index (χ1n) is 11.5. The molecule has 0 bridgehead atoms. The van der Waals surface area contributed by atoms with E-state index < -0.39 is 0 Å². The summed E-state index contributed by atoms with van der Waals surface area (Å²) in [7, 11) is 3.61. The Kier molecular flexibility index (Phi) is 8.35. The Balaban J connectivity index is 1.76. The number of aromatic nitrogens is 3. The van der Waals surface area contributed by atoms with E-state index >= 15 is 0 Å². The number of hydrogen-bond donors (Lipinski definition) is 0. The van der Waals surface area contributed by atoms with E-state index in [0.717, 1.165) is 24.0 Å². The summed E-state index contributed by atoms with van der Waals surface area (Å²) in [6, 6.07) is 15.2. The van der Waals surface area contributed by atoms with Crippen molar-refractivity contribution >= 4 is 11.9 Å². The van der Waals surface area contributed by atoms with Gasteiger partial charge in [-0.05, 0) is 37.5 Å². The minimum Gasteiger partial charge on any atom is -0.345 e. The van der Waals surface area contributed by atoms with Crippen LogP contribution in [0.2, 0.25) is 0 Å². The van der Waals surface area contributed by atoms with Crippen molar-refractivity contribution in [1.82, 2.24) is 19.4 Å². The Morgan fingerprint density at radius 2 is 1.79 bits per heavy atom. The largest absolute Gasteiger partial charge is 0.345 e. The lowest BCUT2D eigenvalue weighted by Gasteiger charge is -2.33. The van der Waals surface area contributed by atoms with E-state index in [1.807, 2.05) is 49.5 Å². The van der Waals surface area contributed by atoms with Crippen LogP contribution in [0, 0.1) is 0 Å². The lowest BCUT2D eigenvalue weighted by molar-refractivity contribution is -0.129. The van der Waals surface area contributed by atoms with E-state index in [4.69, 9.17) is 4.98 Å². The average Bonchev–Trinajstić information content (AvgIpc) is 2.84. The van der Waals surface area contributed by atoms with Crippen molar-refractivity contribution in [2.75, 3.05) is 25.0 Å².